The number of rotatable bonds is 8. The standard InChI is InChI=1S/C77H49ClN2S3/c78-50-38-45-71-65(46-50)77(63-34-19-35-68(76(63)83-71)80(52-26-8-3-9-27-52)67-43-41-55(49-20-4-1-5-21-49)74-73(67)61-31-14-16-36-69(61)81-74)62-33-15-12-29-57(62)58-40-39-53(47-64(58)77)79(51-24-6-2-7-25-51)66-44-42-59(56-32-18-23-48-22-10-11-28-54(48)56)75-72(66)60-30-13-17-37-70(60)82-75/h1-16,18-36,38-47H,17,37H2. The second-order valence-corrected chi connectivity index (χ2v) is 25.5. The van der Waals surface area contributed by atoms with Crippen molar-refractivity contribution in [2.45, 2.75) is 28.0 Å². The number of hydrogen-bond donors (Lipinski definition) is 0. The van der Waals surface area contributed by atoms with E-state index in [0.717, 1.165) is 52.0 Å². The summed E-state index contributed by atoms with van der Waals surface area (Å²) >= 11 is 13.0. The van der Waals surface area contributed by atoms with Gasteiger partial charge in [-0.1, -0.05) is 218 Å². The van der Waals surface area contributed by atoms with Gasteiger partial charge in [0.15, 0.2) is 0 Å². The van der Waals surface area contributed by atoms with Crippen molar-refractivity contribution in [2.24, 2.45) is 0 Å². The van der Waals surface area contributed by atoms with Crippen LogP contribution in [0.25, 0.3) is 80.5 Å². The second kappa shape index (κ2) is 19.3. The molecule has 14 aromatic rings. The molecule has 0 N–H and O–H groups in total. The Hall–Kier alpha value is -8.94. The molecule has 0 saturated carbocycles. The van der Waals surface area contributed by atoms with E-state index in [1.807, 2.05) is 34.4 Å². The molecule has 2 aliphatic carbocycles. The van der Waals surface area contributed by atoms with Gasteiger partial charge in [0.2, 0.25) is 0 Å². The number of anilines is 6. The van der Waals surface area contributed by atoms with Gasteiger partial charge in [0.1, 0.15) is 0 Å². The molecule has 3 aliphatic rings. The fourth-order valence-electron chi connectivity index (χ4n) is 14.0. The van der Waals surface area contributed by atoms with Gasteiger partial charge in [-0.15, -0.1) is 22.7 Å². The number of nitrogens with zero attached hydrogens (tertiary/aromatic N) is 2. The summed E-state index contributed by atoms with van der Waals surface area (Å²) in [7, 11) is 0. The van der Waals surface area contributed by atoms with Crippen LogP contribution in [-0.4, -0.2) is 0 Å². The molecule has 2 aromatic heterocycles. The van der Waals surface area contributed by atoms with E-state index >= 15 is 0 Å². The minimum atomic E-state index is -0.761. The summed E-state index contributed by atoms with van der Waals surface area (Å²) in [5, 5.41) is 7.03. The Bertz CT molecular complexity index is 4980. The van der Waals surface area contributed by atoms with E-state index in [2.05, 4.69) is 283 Å². The highest BCUT2D eigenvalue weighted by Crippen LogP contribution is 2.65. The van der Waals surface area contributed by atoms with Gasteiger partial charge in [0.05, 0.1) is 22.5 Å². The third kappa shape index (κ3) is 7.41. The zero-order valence-electron chi connectivity index (χ0n) is 44.9. The first-order chi connectivity index (χ1) is 41.1. The summed E-state index contributed by atoms with van der Waals surface area (Å²) in [6.07, 6.45) is 6.83. The van der Waals surface area contributed by atoms with Gasteiger partial charge < -0.3 is 9.80 Å². The average molecular weight is 1130 g/mol. The number of halogens is 1. The SMILES string of the molecule is Clc1ccc2c(c1)C1(c3ccccc3-c3ccc(N(c4ccccc4)c4ccc(-c5cccc6ccccc56)c5sc6c(c45)C=CCC6)cc31)c1cccc(N(c3ccccc3)c3ccc(-c4ccccc4)c4sc5ccccc5c34)c1S2. The van der Waals surface area contributed by atoms with E-state index in [0.29, 0.717) is 0 Å². The lowest BCUT2D eigenvalue weighted by molar-refractivity contribution is 0.722. The zero-order chi connectivity index (χ0) is 54.8. The zero-order valence-corrected chi connectivity index (χ0v) is 48.1. The van der Waals surface area contributed by atoms with Gasteiger partial charge >= 0.3 is 0 Å². The Kier molecular flexibility index (Phi) is 11.4. The molecule has 3 heterocycles. The van der Waals surface area contributed by atoms with Crippen LogP contribution < -0.4 is 9.80 Å². The molecule has 0 amide bonds. The maximum atomic E-state index is 7.32. The molecule has 0 fully saturated rings. The minimum absolute atomic E-state index is 0.719. The average Bonchev–Trinajstić information content (AvgIpc) is 1.67. The molecule has 1 atom stereocenters. The molecular weight excluding hydrogens is 1080 g/mol. The lowest BCUT2D eigenvalue weighted by Crippen LogP contribution is -2.32. The fourth-order valence-corrected chi connectivity index (χ4v) is 18.0. The van der Waals surface area contributed by atoms with Crippen LogP contribution in [0.2, 0.25) is 5.02 Å². The summed E-state index contributed by atoms with van der Waals surface area (Å²) < 4.78 is 3.87. The summed E-state index contributed by atoms with van der Waals surface area (Å²) in [5.74, 6) is 0. The van der Waals surface area contributed by atoms with Crippen LogP contribution in [0.15, 0.2) is 277 Å². The first-order valence-corrected chi connectivity index (χ1v) is 31.2. The number of thiophene rings is 2. The van der Waals surface area contributed by atoms with Crippen LogP contribution in [-0.2, 0) is 11.8 Å². The van der Waals surface area contributed by atoms with Crippen LogP contribution >= 0.6 is 46.0 Å². The van der Waals surface area contributed by atoms with Gasteiger partial charge in [0, 0.05) is 72.6 Å². The topological polar surface area (TPSA) is 6.48 Å². The van der Waals surface area contributed by atoms with E-state index in [-0.39, 0.29) is 0 Å². The predicted octanol–water partition coefficient (Wildman–Crippen LogP) is 23.1. The summed E-state index contributed by atoms with van der Waals surface area (Å²) in [4.78, 5) is 8.90. The van der Waals surface area contributed by atoms with Crippen LogP contribution in [0.3, 0.4) is 0 Å². The van der Waals surface area contributed by atoms with Gasteiger partial charge in [-0.3, -0.25) is 0 Å². The molecule has 392 valence electrons. The number of aryl methyl sites for hydroxylation is 1. The maximum absolute atomic E-state index is 7.32. The number of fused-ring (bicyclic) bond motifs is 16. The summed E-state index contributed by atoms with van der Waals surface area (Å²) in [6.45, 7) is 0. The van der Waals surface area contributed by atoms with Crippen molar-refractivity contribution >= 4 is 127 Å². The molecule has 0 saturated heterocycles. The van der Waals surface area contributed by atoms with Crippen molar-refractivity contribution in [3.8, 4) is 33.4 Å². The van der Waals surface area contributed by atoms with Crippen molar-refractivity contribution < 1.29 is 0 Å². The van der Waals surface area contributed by atoms with Crippen LogP contribution in [0.1, 0.15) is 39.1 Å². The molecule has 1 aliphatic heterocycles. The normalized spacial score (nSPS) is 14.7. The van der Waals surface area contributed by atoms with E-state index in [9.17, 15) is 0 Å². The van der Waals surface area contributed by atoms with Gasteiger partial charge in [0.25, 0.3) is 0 Å². The first-order valence-electron chi connectivity index (χ1n) is 28.4. The Balaban J connectivity index is 0.928. The summed E-state index contributed by atoms with van der Waals surface area (Å²) in [6, 6.07) is 96.9. The lowest BCUT2D eigenvalue weighted by atomic mass is 9.67. The number of hydrogen-bond acceptors (Lipinski definition) is 5. The second-order valence-electron chi connectivity index (χ2n) is 21.8. The van der Waals surface area contributed by atoms with Crippen molar-refractivity contribution in [1.82, 2.24) is 0 Å². The van der Waals surface area contributed by atoms with Crippen molar-refractivity contribution in [3.05, 3.63) is 305 Å². The fraction of sp³-hybridized carbons (Fsp3) is 0.0390. The third-order valence-electron chi connectivity index (χ3n) is 17.4. The lowest BCUT2D eigenvalue weighted by Gasteiger charge is -2.42. The molecule has 83 heavy (non-hydrogen) atoms. The Morgan fingerprint density at radius 3 is 1.89 bits per heavy atom. The number of benzene rings is 12. The molecule has 17 rings (SSSR count). The number of allylic oxidation sites excluding steroid dienone is 1. The Labute approximate surface area is 499 Å². The highest BCUT2D eigenvalue weighted by molar-refractivity contribution is 7.99. The van der Waals surface area contributed by atoms with Crippen LogP contribution in [0.4, 0.5) is 34.1 Å². The maximum Gasteiger partial charge on any atom is 0.0737 e. The largest absolute Gasteiger partial charge is 0.310 e. The molecule has 0 bridgehead atoms. The van der Waals surface area contributed by atoms with Crippen molar-refractivity contribution in [2.75, 3.05) is 9.80 Å². The highest BCUT2D eigenvalue weighted by Gasteiger charge is 2.51. The van der Waals surface area contributed by atoms with Gasteiger partial charge in [-0.05, 0) is 158 Å². The van der Waals surface area contributed by atoms with E-state index in [1.165, 1.54) is 117 Å². The van der Waals surface area contributed by atoms with E-state index < -0.39 is 5.41 Å². The first kappa shape index (κ1) is 48.7. The summed E-state index contributed by atoms with van der Waals surface area (Å²) in [5.41, 5.74) is 19.7. The molecule has 0 radical (unpaired) electrons. The molecular formula is C77H49ClN2S3. The van der Waals surface area contributed by atoms with Crippen LogP contribution in [0, 0.1) is 0 Å². The minimum Gasteiger partial charge on any atom is -0.310 e. The quantitative estimate of drug-likeness (QED) is 0.150. The van der Waals surface area contributed by atoms with Crippen LogP contribution in [0.5, 0.6) is 0 Å². The van der Waals surface area contributed by atoms with Gasteiger partial charge in [-0.2, -0.15) is 0 Å². The Morgan fingerprint density at radius 1 is 0.410 bits per heavy atom. The third-order valence-corrected chi connectivity index (χ3v) is 21.4. The monoisotopic (exact) mass is 1130 g/mol. The van der Waals surface area contributed by atoms with Crippen molar-refractivity contribution in [1.29, 1.82) is 0 Å². The molecule has 6 heteroatoms. The molecule has 1 unspecified atom stereocenters. The van der Waals surface area contributed by atoms with Gasteiger partial charge in [-0.25, -0.2) is 0 Å². The highest BCUT2D eigenvalue weighted by atomic mass is 35.5. The van der Waals surface area contributed by atoms with E-state index in [4.69, 9.17) is 11.6 Å². The van der Waals surface area contributed by atoms with E-state index in [1.54, 1.807) is 0 Å². The predicted molar refractivity (Wildman–Crippen MR) is 356 cm³/mol. The Morgan fingerprint density at radius 2 is 1.05 bits per heavy atom. The van der Waals surface area contributed by atoms with Crippen molar-refractivity contribution in [3.63, 3.8) is 0 Å². The molecule has 2 nitrogen and oxygen atoms in total. The molecule has 1 spiro atoms. The molecule has 12 aromatic carbocycles. The number of para-hydroxylation sites is 2. The smallest absolute Gasteiger partial charge is 0.0737 e.